The van der Waals surface area contributed by atoms with Crippen molar-refractivity contribution in [1.82, 2.24) is 9.97 Å². The molecule has 0 saturated carbocycles. The van der Waals surface area contributed by atoms with Gasteiger partial charge in [0.2, 0.25) is 5.91 Å². The van der Waals surface area contributed by atoms with Crippen molar-refractivity contribution < 1.29 is 15.0 Å². The largest absolute Gasteiger partial charge is 0.508 e. The van der Waals surface area contributed by atoms with Crippen LogP contribution in [0.3, 0.4) is 0 Å². The molecule has 8 heteroatoms. The molecule has 1 amide bonds. The van der Waals surface area contributed by atoms with Crippen molar-refractivity contribution >= 4 is 23.5 Å². The molecule has 0 aliphatic carbocycles. The van der Waals surface area contributed by atoms with Gasteiger partial charge in [-0.25, -0.2) is 4.98 Å². The van der Waals surface area contributed by atoms with Crippen LogP contribution in [0.25, 0.3) is 0 Å². The van der Waals surface area contributed by atoms with Crippen LogP contribution in [0.4, 0.5) is 5.82 Å². The number of amides is 1. The highest BCUT2D eigenvalue weighted by molar-refractivity contribution is 7.99. The fourth-order valence-electron chi connectivity index (χ4n) is 2.71. The van der Waals surface area contributed by atoms with E-state index in [4.69, 9.17) is 0 Å². The van der Waals surface area contributed by atoms with Crippen LogP contribution < -0.4 is 10.9 Å². The first-order valence-corrected chi connectivity index (χ1v) is 8.57. The number of aromatic amines is 1. The number of phenols is 2. The normalized spacial score (nSPS) is 16.5. The fraction of sp³-hybridized carbons (Fsp3) is 0.312. The second-order valence-electron chi connectivity index (χ2n) is 5.53. The second kappa shape index (κ2) is 6.56. The number of hydrogen-bond acceptors (Lipinski definition) is 6. The fourth-order valence-corrected chi connectivity index (χ4v) is 3.43. The smallest absolute Gasteiger partial charge is 0.257 e. The van der Waals surface area contributed by atoms with Gasteiger partial charge in [0, 0.05) is 29.7 Å². The molecule has 2 aromatic rings. The zero-order valence-corrected chi connectivity index (χ0v) is 13.8. The summed E-state index contributed by atoms with van der Waals surface area (Å²) in [6.07, 6.45) is 0.958. The van der Waals surface area contributed by atoms with Gasteiger partial charge in [-0.2, -0.15) is 0 Å². The summed E-state index contributed by atoms with van der Waals surface area (Å²) >= 11 is 1.41. The van der Waals surface area contributed by atoms with Gasteiger partial charge < -0.3 is 20.5 Å². The molecule has 0 radical (unpaired) electrons. The minimum Gasteiger partial charge on any atom is -0.508 e. The van der Waals surface area contributed by atoms with Crippen LogP contribution in [-0.2, 0) is 4.79 Å². The highest BCUT2D eigenvalue weighted by Crippen LogP contribution is 2.39. The van der Waals surface area contributed by atoms with Crippen LogP contribution in [0.2, 0.25) is 0 Å². The Bertz CT molecular complexity index is 850. The van der Waals surface area contributed by atoms with Crippen molar-refractivity contribution in [3.63, 3.8) is 0 Å². The Kier molecular flexibility index (Phi) is 4.48. The molecule has 4 N–H and O–H groups in total. The van der Waals surface area contributed by atoms with Gasteiger partial charge in [-0.1, -0.05) is 24.8 Å². The Morgan fingerprint density at radius 2 is 2.12 bits per heavy atom. The zero-order chi connectivity index (χ0) is 17.3. The van der Waals surface area contributed by atoms with E-state index in [1.165, 1.54) is 30.0 Å². The Morgan fingerprint density at radius 3 is 2.83 bits per heavy atom. The van der Waals surface area contributed by atoms with Crippen molar-refractivity contribution in [2.75, 3.05) is 11.1 Å². The van der Waals surface area contributed by atoms with E-state index in [9.17, 15) is 19.8 Å². The van der Waals surface area contributed by atoms with Crippen LogP contribution >= 0.6 is 11.8 Å². The molecular weight excluding hydrogens is 330 g/mol. The second-order valence-corrected chi connectivity index (χ2v) is 6.61. The lowest BCUT2D eigenvalue weighted by Crippen LogP contribution is -2.31. The Balaban J connectivity index is 2.09. The SMILES string of the molecule is CCCSc1nc2c(c(=O)[nH]1)C(c1ccc(O)cc1O)CC(=O)N2. The summed E-state index contributed by atoms with van der Waals surface area (Å²) in [5, 5.41) is 22.6. The molecule has 3 rings (SSSR count). The van der Waals surface area contributed by atoms with Crippen LogP contribution in [0.1, 0.15) is 36.8 Å². The molecule has 1 unspecified atom stereocenters. The molecule has 2 heterocycles. The summed E-state index contributed by atoms with van der Waals surface area (Å²) in [5.74, 6) is -0.108. The molecule has 1 aromatic heterocycles. The van der Waals surface area contributed by atoms with Crippen molar-refractivity contribution in [1.29, 1.82) is 0 Å². The van der Waals surface area contributed by atoms with Crippen molar-refractivity contribution in [2.45, 2.75) is 30.8 Å². The summed E-state index contributed by atoms with van der Waals surface area (Å²) in [6, 6.07) is 4.11. The summed E-state index contributed by atoms with van der Waals surface area (Å²) in [4.78, 5) is 31.6. The van der Waals surface area contributed by atoms with Crippen molar-refractivity contribution in [2.24, 2.45) is 0 Å². The molecule has 7 nitrogen and oxygen atoms in total. The van der Waals surface area contributed by atoms with E-state index in [0.717, 1.165) is 12.2 Å². The molecule has 24 heavy (non-hydrogen) atoms. The first-order chi connectivity index (χ1) is 11.5. The highest BCUT2D eigenvalue weighted by atomic mass is 32.2. The van der Waals surface area contributed by atoms with Gasteiger partial charge in [0.15, 0.2) is 5.16 Å². The Morgan fingerprint density at radius 1 is 1.33 bits per heavy atom. The summed E-state index contributed by atoms with van der Waals surface area (Å²) in [5.41, 5.74) is 0.387. The number of H-pyrrole nitrogens is 1. The molecule has 1 aromatic carbocycles. The van der Waals surface area contributed by atoms with E-state index in [1.54, 1.807) is 0 Å². The van der Waals surface area contributed by atoms with Gasteiger partial charge in [0.1, 0.15) is 17.3 Å². The molecule has 0 fully saturated rings. The van der Waals surface area contributed by atoms with Crippen LogP contribution in [0.5, 0.6) is 11.5 Å². The number of nitrogens with one attached hydrogen (secondary N) is 2. The number of nitrogens with zero attached hydrogens (tertiary/aromatic N) is 1. The van der Waals surface area contributed by atoms with E-state index in [-0.39, 0.29) is 35.2 Å². The number of aromatic nitrogens is 2. The van der Waals surface area contributed by atoms with Crippen LogP contribution in [0.15, 0.2) is 28.2 Å². The highest BCUT2D eigenvalue weighted by Gasteiger charge is 2.32. The predicted molar refractivity (Wildman–Crippen MR) is 90.7 cm³/mol. The number of phenolic OH excluding ortho intramolecular Hbond substituents is 2. The lowest BCUT2D eigenvalue weighted by Gasteiger charge is -2.25. The minimum absolute atomic E-state index is 0.0253. The van der Waals surface area contributed by atoms with E-state index >= 15 is 0 Å². The standard InChI is InChI=1S/C16H17N3O4S/c1-2-5-24-16-18-14-13(15(23)19-16)10(7-12(22)17-14)9-4-3-8(20)6-11(9)21/h3-4,6,10,20-21H,2,5,7H2,1H3,(H2,17,18,19,22,23). The van der Waals surface area contributed by atoms with E-state index in [2.05, 4.69) is 15.3 Å². The molecule has 1 atom stereocenters. The third-order valence-electron chi connectivity index (χ3n) is 3.76. The maximum atomic E-state index is 12.5. The lowest BCUT2D eigenvalue weighted by atomic mass is 9.86. The molecule has 0 bridgehead atoms. The monoisotopic (exact) mass is 347 g/mol. The Labute approximate surface area is 142 Å². The number of thioether (sulfide) groups is 1. The third-order valence-corrected chi connectivity index (χ3v) is 4.84. The first kappa shape index (κ1) is 16.4. The molecular formula is C16H17N3O4S. The minimum atomic E-state index is -0.615. The number of carbonyl (C=O) groups is 1. The predicted octanol–water partition coefficient (Wildman–Crippen LogP) is 2.16. The number of anilines is 1. The van der Waals surface area contributed by atoms with Gasteiger partial charge in [-0.15, -0.1) is 0 Å². The average molecular weight is 347 g/mol. The van der Waals surface area contributed by atoms with Gasteiger partial charge >= 0.3 is 0 Å². The van der Waals surface area contributed by atoms with Gasteiger partial charge in [-0.05, 0) is 12.5 Å². The average Bonchev–Trinajstić information content (AvgIpc) is 2.51. The molecule has 0 saturated heterocycles. The number of benzene rings is 1. The maximum Gasteiger partial charge on any atom is 0.257 e. The summed E-state index contributed by atoms with van der Waals surface area (Å²) < 4.78 is 0. The zero-order valence-electron chi connectivity index (χ0n) is 13.0. The van der Waals surface area contributed by atoms with Gasteiger partial charge in [0.05, 0.1) is 5.56 Å². The van der Waals surface area contributed by atoms with Crippen molar-refractivity contribution in [3.05, 3.63) is 39.7 Å². The van der Waals surface area contributed by atoms with E-state index < -0.39 is 5.92 Å². The molecule has 1 aliphatic rings. The number of aromatic hydroxyl groups is 2. The van der Waals surface area contributed by atoms with Crippen LogP contribution in [-0.4, -0.2) is 31.8 Å². The number of rotatable bonds is 4. The van der Waals surface area contributed by atoms with Gasteiger partial charge in [-0.3, -0.25) is 9.59 Å². The summed E-state index contributed by atoms with van der Waals surface area (Å²) in [6.45, 7) is 2.02. The number of hydrogen-bond donors (Lipinski definition) is 4. The van der Waals surface area contributed by atoms with E-state index in [1.807, 2.05) is 6.92 Å². The number of fused-ring (bicyclic) bond motifs is 1. The molecule has 0 spiro atoms. The lowest BCUT2D eigenvalue weighted by molar-refractivity contribution is -0.116. The topological polar surface area (TPSA) is 115 Å². The quantitative estimate of drug-likeness (QED) is 0.498. The number of carbonyl (C=O) groups excluding carboxylic acids is 1. The third kappa shape index (κ3) is 3.09. The molecule has 126 valence electrons. The van der Waals surface area contributed by atoms with Crippen LogP contribution in [0, 0.1) is 0 Å². The van der Waals surface area contributed by atoms with Gasteiger partial charge in [0.25, 0.3) is 5.56 Å². The van der Waals surface area contributed by atoms with Crippen molar-refractivity contribution in [3.8, 4) is 11.5 Å². The summed E-state index contributed by atoms with van der Waals surface area (Å²) in [7, 11) is 0. The maximum absolute atomic E-state index is 12.5. The molecule has 1 aliphatic heterocycles. The first-order valence-electron chi connectivity index (χ1n) is 7.58. The van der Waals surface area contributed by atoms with E-state index in [0.29, 0.717) is 16.3 Å². The Hall–Kier alpha value is -2.48.